The van der Waals surface area contributed by atoms with E-state index in [0.717, 1.165) is 27.5 Å². The summed E-state index contributed by atoms with van der Waals surface area (Å²) in [4.78, 5) is 18.8. The van der Waals surface area contributed by atoms with Crippen molar-refractivity contribution in [1.29, 1.82) is 0 Å². The van der Waals surface area contributed by atoms with E-state index in [4.69, 9.17) is 0 Å². The molecule has 1 aliphatic rings. The van der Waals surface area contributed by atoms with Crippen LogP contribution >= 0.6 is 33.9 Å². The van der Waals surface area contributed by atoms with Gasteiger partial charge in [0.15, 0.2) is 0 Å². The lowest BCUT2D eigenvalue weighted by molar-refractivity contribution is 0.102. The summed E-state index contributed by atoms with van der Waals surface area (Å²) in [5.74, 6) is 0.916. The van der Waals surface area contributed by atoms with E-state index in [9.17, 15) is 4.79 Å². The van der Waals surface area contributed by atoms with Crippen molar-refractivity contribution in [2.24, 2.45) is 0 Å². The molecular weight excluding hydrogens is 397 g/mol. The molecule has 1 N–H and O–H groups in total. The minimum absolute atomic E-state index is 0.0818. The van der Waals surface area contributed by atoms with E-state index in [1.165, 1.54) is 19.3 Å². The number of thiophene rings is 1. The lowest BCUT2D eigenvalue weighted by atomic mass is 10.1. The van der Waals surface area contributed by atoms with E-state index in [2.05, 4.69) is 37.8 Å². The zero-order valence-corrected chi connectivity index (χ0v) is 14.5. The van der Waals surface area contributed by atoms with Crippen molar-refractivity contribution in [3.63, 3.8) is 0 Å². The van der Waals surface area contributed by atoms with Crippen molar-refractivity contribution in [2.45, 2.75) is 19.3 Å². The van der Waals surface area contributed by atoms with Gasteiger partial charge in [-0.25, -0.2) is 4.98 Å². The van der Waals surface area contributed by atoms with Gasteiger partial charge in [0.2, 0.25) is 0 Å². The number of pyridine rings is 1. The maximum absolute atomic E-state index is 12.1. The molecule has 0 unspecified atom stereocenters. The quantitative estimate of drug-likeness (QED) is 0.775. The van der Waals surface area contributed by atoms with Crippen LogP contribution in [0.5, 0.6) is 0 Å². The summed E-state index contributed by atoms with van der Waals surface area (Å²) in [6.45, 7) is 2.15. The molecule has 1 fully saturated rings. The number of halogens is 1. The van der Waals surface area contributed by atoms with Gasteiger partial charge in [0.25, 0.3) is 5.91 Å². The predicted molar refractivity (Wildman–Crippen MR) is 95.3 cm³/mol. The molecule has 110 valence electrons. The first-order valence-electron chi connectivity index (χ1n) is 6.99. The molecule has 1 amide bonds. The number of hydrogen-bond acceptors (Lipinski definition) is 4. The molecule has 2 aromatic rings. The summed E-state index contributed by atoms with van der Waals surface area (Å²) >= 11 is 3.78. The van der Waals surface area contributed by atoms with Crippen molar-refractivity contribution in [1.82, 2.24) is 4.98 Å². The highest BCUT2D eigenvalue weighted by molar-refractivity contribution is 14.1. The normalized spacial score (nSPS) is 15.0. The third-order valence-corrected chi connectivity index (χ3v) is 5.30. The number of amides is 1. The Bertz CT molecular complexity index is 620. The summed E-state index contributed by atoms with van der Waals surface area (Å²) in [5, 5.41) is 4.75. The summed E-state index contributed by atoms with van der Waals surface area (Å²) in [5.41, 5.74) is 1.44. The fraction of sp³-hybridized carbons (Fsp3) is 0.333. The van der Waals surface area contributed by atoms with Gasteiger partial charge in [-0.3, -0.25) is 4.79 Å². The molecule has 4 nitrogen and oxygen atoms in total. The van der Waals surface area contributed by atoms with Gasteiger partial charge in [0, 0.05) is 18.5 Å². The Morgan fingerprint density at radius 3 is 2.71 bits per heavy atom. The van der Waals surface area contributed by atoms with Crippen molar-refractivity contribution in [3.8, 4) is 0 Å². The fourth-order valence-electron chi connectivity index (χ4n) is 2.40. The molecule has 3 rings (SSSR count). The van der Waals surface area contributed by atoms with Crippen molar-refractivity contribution < 1.29 is 4.79 Å². The zero-order chi connectivity index (χ0) is 14.7. The Balaban J connectivity index is 1.65. The Hall–Kier alpha value is -1.15. The van der Waals surface area contributed by atoms with Crippen molar-refractivity contribution in [3.05, 3.63) is 38.2 Å². The van der Waals surface area contributed by atoms with Crippen LogP contribution in [-0.4, -0.2) is 24.0 Å². The van der Waals surface area contributed by atoms with Crippen LogP contribution in [0, 0.1) is 2.88 Å². The van der Waals surface area contributed by atoms with Crippen molar-refractivity contribution >= 4 is 51.3 Å². The second kappa shape index (κ2) is 6.74. The Morgan fingerprint density at radius 1 is 1.29 bits per heavy atom. The standard InChI is InChI=1S/C15H16IN3OS/c16-13-8-11(10-21-13)15(20)18-12-4-5-14(17-9-12)19-6-2-1-3-7-19/h4-5,8-10H,1-3,6-7H2,(H,18,20). The molecule has 6 heteroatoms. The molecule has 0 saturated carbocycles. The Labute approximate surface area is 141 Å². The van der Waals surface area contributed by atoms with Crippen LogP contribution in [0.25, 0.3) is 0 Å². The number of piperidine rings is 1. The van der Waals surface area contributed by atoms with Gasteiger partial charge in [-0.1, -0.05) is 0 Å². The van der Waals surface area contributed by atoms with Crippen LogP contribution in [0.15, 0.2) is 29.8 Å². The van der Waals surface area contributed by atoms with Crippen molar-refractivity contribution in [2.75, 3.05) is 23.3 Å². The first-order chi connectivity index (χ1) is 10.2. The first kappa shape index (κ1) is 14.8. The van der Waals surface area contributed by atoms with Gasteiger partial charge in [-0.05, 0) is 60.1 Å². The van der Waals surface area contributed by atoms with E-state index in [0.29, 0.717) is 5.56 Å². The summed E-state index contributed by atoms with van der Waals surface area (Å²) < 4.78 is 1.11. The smallest absolute Gasteiger partial charge is 0.256 e. The number of hydrogen-bond donors (Lipinski definition) is 1. The molecule has 3 heterocycles. The zero-order valence-electron chi connectivity index (χ0n) is 11.5. The topological polar surface area (TPSA) is 45.2 Å². The van der Waals surface area contributed by atoms with Gasteiger partial charge in [-0.15, -0.1) is 11.3 Å². The monoisotopic (exact) mass is 413 g/mol. The van der Waals surface area contributed by atoms with Crippen LogP contribution in [-0.2, 0) is 0 Å². The predicted octanol–water partition coefficient (Wildman–Crippen LogP) is 3.99. The van der Waals surface area contributed by atoms with E-state index in [1.807, 2.05) is 23.6 Å². The Kier molecular flexibility index (Phi) is 4.74. The number of aromatic nitrogens is 1. The van der Waals surface area contributed by atoms with Crippen LogP contribution < -0.4 is 10.2 Å². The summed E-state index contributed by atoms with van der Waals surface area (Å²) in [6, 6.07) is 5.79. The molecule has 0 atom stereocenters. The summed E-state index contributed by atoms with van der Waals surface area (Å²) in [7, 11) is 0. The molecule has 0 aliphatic carbocycles. The third kappa shape index (κ3) is 3.74. The van der Waals surface area contributed by atoms with Crippen LogP contribution in [0.1, 0.15) is 29.6 Å². The Morgan fingerprint density at radius 2 is 2.10 bits per heavy atom. The highest BCUT2D eigenvalue weighted by Crippen LogP contribution is 2.20. The molecule has 0 aromatic carbocycles. The van der Waals surface area contributed by atoms with Gasteiger partial charge in [-0.2, -0.15) is 0 Å². The lowest BCUT2D eigenvalue weighted by Crippen LogP contribution is -2.30. The molecule has 2 aromatic heterocycles. The van der Waals surface area contributed by atoms with Crippen LogP contribution in [0.2, 0.25) is 0 Å². The third-order valence-electron chi connectivity index (χ3n) is 3.52. The first-order valence-corrected chi connectivity index (χ1v) is 8.94. The summed E-state index contributed by atoms with van der Waals surface area (Å²) in [6.07, 6.45) is 5.51. The second-order valence-electron chi connectivity index (χ2n) is 5.05. The average molecular weight is 413 g/mol. The van der Waals surface area contributed by atoms with Crippen LogP contribution in [0.4, 0.5) is 11.5 Å². The number of anilines is 2. The molecule has 1 aliphatic heterocycles. The maximum Gasteiger partial charge on any atom is 0.256 e. The molecule has 1 saturated heterocycles. The van der Waals surface area contributed by atoms with Gasteiger partial charge in [0.05, 0.1) is 20.3 Å². The average Bonchev–Trinajstić information content (AvgIpc) is 2.96. The lowest BCUT2D eigenvalue weighted by Gasteiger charge is -2.27. The number of nitrogens with zero attached hydrogens (tertiary/aromatic N) is 2. The SMILES string of the molecule is O=C(Nc1ccc(N2CCCCC2)nc1)c1csc(I)c1. The van der Waals surface area contributed by atoms with E-state index < -0.39 is 0 Å². The second-order valence-corrected chi connectivity index (χ2v) is 7.85. The van der Waals surface area contributed by atoms with E-state index >= 15 is 0 Å². The van der Waals surface area contributed by atoms with E-state index in [1.54, 1.807) is 17.5 Å². The largest absolute Gasteiger partial charge is 0.357 e. The number of nitrogens with one attached hydrogen (secondary N) is 1. The number of carbonyl (C=O) groups excluding carboxylic acids is 1. The highest BCUT2D eigenvalue weighted by Gasteiger charge is 2.12. The van der Waals surface area contributed by atoms with Gasteiger partial charge < -0.3 is 10.2 Å². The van der Waals surface area contributed by atoms with E-state index in [-0.39, 0.29) is 5.91 Å². The molecular formula is C15H16IN3OS. The van der Waals surface area contributed by atoms with Gasteiger partial charge in [0.1, 0.15) is 5.82 Å². The minimum Gasteiger partial charge on any atom is -0.357 e. The molecule has 0 spiro atoms. The molecule has 0 radical (unpaired) electrons. The maximum atomic E-state index is 12.1. The number of carbonyl (C=O) groups is 1. The minimum atomic E-state index is -0.0818. The number of rotatable bonds is 3. The highest BCUT2D eigenvalue weighted by atomic mass is 127. The molecule has 21 heavy (non-hydrogen) atoms. The van der Waals surface area contributed by atoms with Gasteiger partial charge >= 0.3 is 0 Å². The molecule has 0 bridgehead atoms. The van der Waals surface area contributed by atoms with Crippen LogP contribution in [0.3, 0.4) is 0 Å². The fourth-order valence-corrected chi connectivity index (χ4v) is 3.73.